The van der Waals surface area contributed by atoms with Gasteiger partial charge in [0.05, 0.1) is 0 Å². The first-order valence-corrected chi connectivity index (χ1v) is 4.53. The van der Waals surface area contributed by atoms with Crippen LogP contribution in [0.4, 0.5) is 4.79 Å². The lowest BCUT2D eigenvalue weighted by atomic mass is 10.3. The van der Waals surface area contributed by atoms with Gasteiger partial charge in [-0.05, 0) is 21.0 Å². The summed E-state index contributed by atoms with van der Waals surface area (Å²) in [6, 6.07) is -0.749. The van der Waals surface area contributed by atoms with Crippen molar-refractivity contribution in [3.8, 4) is 0 Å². The molecule has 0 aliphatic heterocycles. The minimum Gasteiger partial charge on any atom is -0.465 e. The molecule has 0 saturated heterocycles. The molecule has 0 aromatic carbocycles. The van der Waals surface area contributed by atoms with Crippen molar-refractivity contribution in [3.63, 3.8) is 0 Å². The molecule has 0 heterocycles. The summed E-state index contributed by atoms with van der Waals surface area (Å²) in [7, 11) is 5.04. The van der Waals surface area contributed by atoms with Crippen molar-refractivity contribution >= 4 is 18.2 Å². The first-order chi connectivity index (χ1) is 6.86. The summed E-state index contributed by atoms with van der Waals surface area (Å²) in [5.74, 6) is -0.457. The normalized spacial score (nSPS) is 13.1. The summed E-state index contributed by atoms with van der Waals surface area (Å²) in [5.41, 5.74) is 0. The van der Waals surface area contributed by atoms with E-state index in [4.69, 9.17) is 5.11 Å². The molecule has 2 amide bonds. The van der Waals surface area contributed by atoms with Gasteiger partial charge in [0.1, 0.15) is 6.04 Å². The van der Waals surface area contributed by atoms with E-state index in [2.05, 4.69) is 4.99 Å². The zero-order chi connectivity index (χ0) is 12.0. The lowest BCUT2D eigenvalue weighted by Gasteiger charge is -2.18. The highest BCUT2D eigenvalue weighted by atomic mass is 16.4. The van der Waals surface area contributed by atoms with E-state index >= 15 is 0 Å². The second kappa shape index (κ2) is 6.13. The van der Waals surface area contributed by atoms with Gasteiger partial charge in [-0.3, -0.25) is 9.69 Å². The molecular formula is C9H17N3O3. The number of likely N-dealkylation sites (N-methyl/N-ethyl adjacent to an activating group) is 1. The Labute approximate surface area is 89.2 Å². The maximum Gasteiger partial charge on any atom is 0.407 e. The number of hydrogen-bond donors (Lipinski definition) is 1. The van der Waals surface area contributed by atoms with Gasteiger partial charge < -0.3 is 10.0 Å². The van der Waals surface area contributed by atoms with Gasteiger partial charge in [0, 0.05) is 19.8 Å². The molecule has 6 nitrogen and oxygen atoms in total. The molecule has 1 atom stereocenters. The Kier molecular flexibility index (Phi) is 5.54. The largest absolute Gasteiger partial charge is 0.465 e. The second-order valence-corrected chi connectivity index (χ2v) is 3.48. The topological polar surface area (TPSA) is 73.2 Å². The van der Waals surface area contributed by atoms with Crippen molar-refractivity contribution in [1.82, 2.24) is 9.80 Å². The summed E-state index contributed by atoms with van der Waals surface area (Å²) in [6.07, 6.45) is 0.327. The third-order valence-electron chi connectivity index (χ3n) is 1.91. The molecule has 0 unspecified atom stereocenters. The van der Waals surface area contributed by atoms with Gasteiger partial charge in [-0.25, -0.2) is 9.79 Å². The lowest BCUT2D eigenvalue weighted by Crippen LogP contribution is -2.38. The third kappa shape index (κ3) is 5.11. The fourth-order valence-electron chi connectivity index (χ4n) is 0.733. The molecule has 0 radical (unpaired) electrons. The molecule has 6 heteroatoms. The van der Waals surface area contributed by atoms with Crippen LogP contribution in [0.15, 0.2) is 4.99 Å². The summed E-state index contributed by atoms with van der Waals surface area (Å²) in [6.45, 7) is 2.05. The number of carbonyl (C=O) groups is 2. The van der Waals surface area contributed by atoms with Gasteiger partial charge in [-0.2, -0.15) is 0 Å². The molecular weight excluding hydrogens is 198 g/mol. The van der Waals surface area contributed by atoms with Gasteiger partial charge in [-0.1, -0.05) is 0 Å². The first-order valence-electron chi connectivity index (χ1n) is 4.53. The molecule has 0 aromatic heterocycles. The molecule has 0 saturated carbocycles. The van der Waals surface area contributed by atoms with Crippen LogP contribution in [0.2, 0.25) is 0 Å². The van der Waals surface area contributed by atoms with Gasteiger partial charge in [0.25, 0.3) is 5.91 Å². The number of carbonyl (C=O) groups excluding carboxylic acids is 1. The fraction of sp³-hybridized carbons (Fsp3) is 0.667. The fourth-order valence-corrected chi connectivity index (χ4v) is 0.733. The van der Waals surface area contributed by atoms with Crippen LogP contribution in [0.5, 0.6) is 0 Å². The highest BCUT2D eigenvalue weighted by Gasteiger charge is 2.20. The second-order valence-electron chi connectivity index (χ2n) is 3.48. The van der Waals surface area contributed by atoms with Gasteiger partial charge >= 0.3 is 6.09 Å². The predicted octanol–water partition coefficient (Wildman–Crippen LogP) is 0.144. The molecule has 15 heavy (non-hydrogen) atoms. The summed E-state index contributed by atoms with van der Waals surface area (Å²) in [4.78, 5) is 28.3. The van der Waals surface area contributed by atoms with E-state index in [0.717, 1.165) is 4.90 Å². The molecule has 86 valence electrons. The Morgan fingerprint density at radius 1 is 1.40 bits per heavy atom. The minimum atomic E-state index is -1.14. The molecule has 0 bridgehead atoms. The summed E-state index contributed by atoms with van der Waals surface area (Å²) >= 11 is 0. The van der Waals surface area contributed by atoms with Gasteiger partial charge in [0.2, 0.25) is 0 Å². The predicted molar refractivity (Wildman–Crippen MR) is 57.3 cm³/mol. The van der Waals surface area contributed by atoms with E-state index in [9.17, 15) is 9.59 Å². The Morgan fingerprint density at radius 3 is 2.33 bits per heavy atom. The summed E-state index contributed by atoms with van der Waals surface area (Å²) in [5, 5.41) is 8.63. The number of carboxylic acid groups (broad SMARTS) is 1. The molecule has 0 aliphatic carbocycles. The maximum atomic E-state index is 11.3. The number of rotatable bonds is 4. The van der Waals surface area contributed by atoms with Crippen molar-refractivity contribution < 1.29 is 14.7 Å². The molecule has 0 spiro atoms. The van der Waals surface area contributed by atoms with Crippen LogP contribution in [0.3, 0.4) is 0 Å². The highest BCUT2D eigenvalue weighted by Crippen LogP contribution is 1.98. The number of amides is 2. The quantitative estimate of drug-likeness (QED) is 0.677. The third-order valence-corrected chi connectivity index (χ3v) is 1.91. The Hall–Kier alpha value is -1.43. The van der Waals surface area contributed by atoms with Crippen molar-refractivity contribution in [2.24, 2.45) is 4.99 Å². The number of aliphatic imine (C=N–C) groups is 1. The average Bonchev–Trinajstić information content (AvgIpc) is 2.14. The van der Waals surface area contributed by atoms with Crippen LogP contribution in [0.25, 0.3) is 0 Å². The zero-order valence-corrected chi connectivity index (χ0v) is 9.47. The maximum absolute atomic E-state index is 11.3. The standard InChI is InChI=1S/C9H17N3O3/c1-7(12(4)9(14)15)8(13)10-5-6-11(2)3/h5,7H,6H2,1-4H3,(H,14,15)/t7-/m0/s1. The molecule has 1 N–H and O–H groups in total. The number of hydrogen-bond acceptors (Lipinski definition) is 3. The highest BCUT2D eigenvalue weighted by molar-refractivity contribution is 5.90. The lowest BCUT2D eigenvalue weighted by molar-refractivity contribution is -0.121. The van der Waals surface area contributed by atoms with E-state index in [1.54, 1.807) is 0 Å². The van der Waals surface area contributed by atoms with Crippen LogP contribution in [0.1, 0.15) is 6.92 Å². The van der Waals surface area contributed by atoms with Crippen LogP contribution in [0, 0.1) is 0 Å². The number of nitrogens with zero attached hydrogens (tertiary/aromatic N) is 3. The van der Waals surface area contributed by atoms with Crippen LogP contribution in [-0.2, 0) is 4.79 Å². The zero-order valence-electron chi connectivity index (χ0n) is 9.47. The molecule has 0 aliphatic rings. The smallest absolute Gasteiger partial charge is 0.407 e. The van der Waals surface area contributed by atoms with Crippen molar-refractivity contribution in [2.45, 2.75) is 13.0 Å². The van der Waals surface area contributed by atoms with Gasteiger partial charge in [0.15, 0.2) is 0 Å². The Balaban J connectivity index is 4.21. The summed E-state index contributed by atoms with van der Waals surface area (Å²) < 4.78 is 0. The molecule has 0 rings (SSSR count). The van der Waals surface area contributed by atoms with E-state index < -0.39 is 18.0 Å². The van der Waals surface area contributed by atoms with Crippen molar-refractivity contribution in [3.05, 3.63) is 0 Å². The van der Waals surface area contributed by atoms with E-state index in [0.29, 0.717) is 6.54 Å². The SMILES string of the molecule is C[C@@H](C(=O)N=CCN(C)C)N(C)C(=O)O. The average molecular weight is 215 g/mol. The molecule has 0 aromatic rings. The van der Waals surface area contributed by atoms with Crippen LogP contribution < -0.4 is 0 Å². The Bertz CT molecular complexity index is 263. The van der Waals surface area contributed by atoms with Gasteiger partial charge in [-0.15, -0.1) is 0 Å². The molecule has 0 fully saturated rings. The Morgan fingerprint density at radius 2 is 1.93 bits per heavy atom. The van der Waals surface area contributed by atoms with E-state index in [1.165, 1.54) is 20.2 Å². The van der Waals surface area contributed by atoms with Crippen LogP contribution >= 0.6 is 0 Å². The van der Waals surface area contributed by atoms with E-state index in [-0.39, 0.29) is 0 Å². The van der Waals surface area contributed by atoms with Crippen molar-refractivity contribution in [1.29, 1.82) is 0 Å². The first kappa shape index (κ1) is 13.6. The van der Waals surface area contributed by atoms with Crippen molar-refractivity contribution in [2.75, 3.05) is 27.7 Å². The van der Waals surface area contributed by atoms with E-state index in [1.807, 2.05) is 19.0 Å². The minimum absolute atomic E-state index is 0.457. The monoisotopic (exact) mass is 215 g/mol. The van der Waals surface area contributed by atoms with Crippen LogP contribution in [-0.4, -0.2) is 66.9 Å².